The number of anilines is 1. The summed E-state index contributed by atoms with van der Waals surface area (Å²) < 4.78 is 12.9. The minimum Gasteiger partial charge on any atom is -0.494 e. The van der Waals surface area contributed by atoms with Crippen LogP contribution in [0.3, 0.4) is 0 Å². The van der Waals surface area contributed by atoms with E-state index in [1.54, 1.807) is 23.1 Å². The Kier molecular flexibility index (Phi) is 7.39. The number of carbonyl (C=O) groups excluding carboxylic acids is 2. The third-order valence-electron chi connectivity index (χ3n) is 11.7. The van der Waals surface area contributed by atoms with Gasteiger partial charge in [0.15, 0.2) is 16.9 Å². The molecular formula is C35H44N8O5. The number of piperazine rings is 1. The SMILES string of the molecule is CCc1c(N2CCN(C(=O)c3ncccc3OC)[C@H]3CC[C@@H]32)c(=O)c2nn(C3=CCOCC3)nc2n1CC(=O)NC12CC(C(C)C)(C1)C2. The number of amides is 2. The minimum atomic E-state index is -0.187. The third kappa shape index (κ3) is 4.67. The van der Waals surface area contributed by atoms with Gasteiger partial charge in [-0.25, -0.2) is 4.98 Å². The third-order valence-corrected chi connectivity index (χ3v) is 11.7. The molecule has 13 nitrogen and oxygen atoms in total. The van der Waals surface area contributed by atoms with Crippen LogP contribution >= 0.6 is 0 Å². The number of hydrogen-bond acceptors (Lipinski definition) is 9. The molecule has 2 amide bonds. The molecular weight excluding hydrogens is 612 g/mol. The van der Waals surface area contributed by atoms with Crippen LogP contribution in [0.4, 0.5) is 5.69 Å². The fraction of sp³-hybridized carbons (Fsp3) is 0.600. The average Bonchev–Trinajstić information content (AvgIpc) is 3.49. The molecule has 2 bridgehead atoms. The predicted octanol–water partition coefficient (Wildman–Crippen LogP) is 3.01. The Morgan fingerprint density at radius 2 is 1.94 bits per heavy atom. The van der Waals surface area contributed by atoms with E-state index in [4.69, 9.17) is 19.7 Å². The Morgan fingerprint density at radius 3 is 2.60 bits per heavy atom. The largest absolute Gasteiger partial charge is 0.494 e. The summed E-state index contributed by atoms with van der Waals surface area (Å²) in [5, 5.41) is 12.9. The van der Waals surface area contributed by atoms with E-state index in [1.165, 1.54) is 7.11 Å². The Bertz CT molecular complexity index is 1880. The van der Waals surface area contributed by atoms with Gasteiger partial charge in [0.2, 0.25) is 11.3 Å². The van der Waals surface area contributed by atoms with Crippen molar-refractivity contribution in [1.82, 2.24) is 34.8 Å². The van der Waals surface area contributed by atoms with E-state index in [1.807, 2.05) is 22.5 Å². The molecule has 0 unspecified atom stereocenters. The van der Waals surface area contributed by atoms with Crippen molar-refractivity contribution in [1.29, 1.82) is 0 Å². The Labute approximate surface area is 279 Å². The fourth-order valence-corrected chi connectivity index (χ4v) is 8.99. The van der Waals surface area contributed by atoms with E-state index in [0.29, 0.717) is 73.3 Å². The van der Waals surface area contributed by atoms with Gasteiger partial charge >= 0.3 is 0 Å². The number of rotatable bonds is 9. The van der Waals surface area contributed by atoms with Crippen LogP contribution in [-0.4, -0.2) is 92.3 Å². The zero-order valence-electron chi connectivity index (χ0n) is 28.2. The van der Waals surface area contributed by atoms with Gasteiger partial charge in [0.25, 0.3) is 5.91 Å². The van der Waals surface area contributed by atoms with Gasteiger partial charge in [-0.3, -0.25) is 14.4 Å². The molecule has 6 aliphatic rings. The summed E-state index contributed by atoms with van der Waals surface area (Å²) in [6, 6.07) is 3.38. The average molecular weight is 657 g/mol. The lowest BCUT2D eigenvalue weighted by molar-refractivity contribution is -0.187. The van der Waals surface area contributed by atoms with Crippen LogP contribution in [0.1, 0.15) is 75.5 Å². The molecule has 4 saturated carbocycles. The van der Waals surface area contributed by atoms with Crippen molar-refractivity contribution in [3.05, 3.63) is 46.0 Å². The number of hydrogen-bond donors (Lipinski definition) is 1. The summed E-state index contributed by atoms with van der Waals surface area (Å²) in [5.74, 6) is 0.818. The molecule has 3 aromatic heterocycles. The van der Waals surface area contributed by atoms with E-state index in [9.17, 15) is 14.4 Å². The first-order chi connectivity index (χ1) is 23.2. The summed E-state index contributed by atoms with van der Waals surface area (Å²) in [5.41, 5.74) is 3.23. The highest BCUT2D eigenvalue weighted by Gasteiger charge is 2.69. The molecule has 4 aliphatic carbocycles. The molecule has 0 aromatic carbocycles. The predicted molar refractivity (Wildman–Crippen MR) is 179 cm³/mol. The molecule has 254 valence electrons. The van der Waals surface area contributed by atoms with Gasteiger partial charge in [-0.15, -0.1) is 10.2 Å². The van der Waals surface area contributed by atoms with Crippen molar-refractivity contribution in [3.8, 4) is 5.75 Å². The monoisotopic (exact) mass is 656 g/mol. The Hall–Kier alpha value is -4.26. The van der Waals surface area contributed by atoms with Crippen molar-refractivity contribution < 1.29 is 19.1 Å². The summed E-state index contributed by atoms with van der Waals surface area (Å²) >= 11 is 0. The lowest BCUT2D eigenvalue weighted by atomic mass is 9.36. The highest BCUT2D eigenvalue weighted by Crippen LogP contribution is 2.70. The molecule has 3 aromatic rings. The van der Waals surface area contributed by atoms with Gasteiger partial charge in [0.1, 0.15) is 18.0 Å². The van der Waals surface area contributed by atoms with Crippen molar-refractivity contribution >= 4 is 34.4 Å². The number of pyridine rings is 2. The number of carbonyl (C=O) groups is 2. The maximum Gasteiger partial charge on any atom is 0.276 e. The lowest BCUT2D eigenvalue weighted by Gasteiger charge is -2.72. The van der Waals surface area contributed by atoms with Crippen LogP contribution in [0.5, 0.6) is 5.75 Å². The molecule has 5 heterocycles. The number of aromatic nitrogens is 5. The fourth-order valence-electron chi connectivity index (χ4n) is 8.99. The Balaban J connectivity index is 1.15. The molecule has 9 rings (SSSR count). The van der Waals surface area contributed by atoms with Gasteiger partial charge in [-0.05, 0) is 68.1 Å². The van der Waals surface area contributed by atoms with Crippen LogP contribution in [0.25, 0.3) is 16.9 Å². The van der Waals surface area contributed by atoms with Crippen LogP contribution < -0.4 is 20.4 Å². The molecule has 48 heavy (non-hydrogen) atoms. The van der Waals surface area contributed by atoms with Gasteiger partial charge in [-0.2, -0.15) is 4.80 Å². The van der Waals surface area contributed by atoms with Crippen LogP contribution in [0.15, 0.2) is 29.2 Å². The first-order valence-electron chi connectivity index (χ1n) is 17.3. The quantitative estimate of drug-likeness (QED) is 0.369. The molecule has 5 fully saturated rings. The molecule has 2 atom stereocenters. The Morgan fingerprint density at radius 1 is 1.15 bits per heavy atom. The molecule has 2 aliphatic heterocycles. The normalized spacial score (nSPS) is 27.5. The zero-order valence-corrected chi connectivity index (χ0v) is 28.2. The topological polar surface area (TPSA) is 137 Å². The van der Waals surface area contributed by atoms with E-state index in [2.05, 4.69) is 29.0 Å². The highest BCUT2D eigenvalue weighted by molar-refractivity contribution is 5.95. The van der Waals surface area contributed by atoms with Crippen LogP contribution in [0, 0.1) is 11.3 Å². The second kappa shape index (κ2) is 11.4. The van der Waals surface area contributed by atoms with E-state index in [-0.39, 0.29) is 46.9 Å². The van der Waals surface area contributed by atoms with Crippen molar-refractivity contribution in [2.45, 2.75) is 89.9 Å². The van der Waals surface area contributed by atoms with E-state index >= 15 is 0 Å². The second-order valence-corrected chi connectivity index (χ2v) is 14.6. The van der Waals surface area contributed by atoms with Crippen LogP contribution in [-0.2, 0) is 22.5 Å². The maximum absolute atomic E-state index is 14.5. The second-order valence-electron chi connectivity index (χ2n) is 14.6. The first kappa shape index (κ1) is 31.0. The van der Waals surface area contributed by atoms with Gasteiger partial charge < -0.3 is 29.2 Å². The van der Waals surface area contributed by atoms with Gasteiger partial charge in [0, 0.05) is 43.0 Å². The first-order valence-corrected chi connectivity index (χ1v) is 17.3. The van der Waals surface area contributed by atoms with E-state index in [0.717, 1.165) is 43.5 Å². The van der Waals surface area contributed by atoms with Crippen molar-refractivity contribution in [2.24, 2.45) is 11.3 Å². The zero-order chi connectivity index (χ0) is 33.4. The van der Waals surface area contributed by atoms with Gasteiger partial charge in [-0.1, -0.05) is 20.8 Å². The number of ether oxygens (including phenoxy) is 2. The summed E-state index contributed by atoms with van der Waals surface area (Å²) in [6.45, 7) is 8.52. The lowest BCUT2D eigenvalue weighted by Crippen LogP contribution is -2.76. The standard InChI is InChI=1S/C35H44N8O5/c1-5-23-30(40-13-14-41(25-9-8-24(25)40)33(46)28-26(47-4)7-6-12-36-28)31(45)29-32(39-43(38-29)22-10-15-48-16-11-22)42(23)17-27(44)37-35-18-34(19-35,20-35)21(2)3/h6-7,10,12,21,24-25H,5,8-9,11,13-20H2,1-4H3,(H,37,44)/t24-,25-,34?,35?/m0/s1. The van der Waals surface area contributed by atoms with E-state index < -0.39 is 0 Å². The summed E-state index contributed by atoms with van der Waals surface area (Å²) in [7, 11) is 1.54. The molecule has 0 spiro atoms. The summed E-state index contributed by atoms with van der Waals surface area (Å²) in [6.07, 6.45) is 9.44. The van der Waals surface area contributed by atoms with Gasteiger partial charge in [0.05, 0.1) is 32.1 Å². The molecule has 1 saturated heterocycles. The maximum atomic E-state index is 14.5. The number of fused-ring (bicyclic) bond motifs is 2. The van der Waals surface area contributed by atoms with Crippen molar-refractivity contribution in [2.75, 3.05) is 38.3 Å². The highest BCUT2D eigenvalue weighted by atomic mass is 16.5. The minimum absolute atomic E-state index is 0.0450. The van der Waals surface area contributed by atoms with Crippen molar-refractivity contribution in [3.63, 3.8) is 0 Å². The molecule has 0 radical (unpaired) electrons. The molecule has 13 heteroatoms. The number of nitrogens with one attached hydrogen (secondary N) is 1. The summed E-state index contributed by atoms with van der Waals surface area (Å²) in [4.78, 5) is 51.9. The number of nitrogens with zero attached hydrogens (tertiary/aromatic N) is 7. The smallest absolute Gasteiger partial charge is 0.276 e. The van der Waals surface area contributed by atoms with Crippen LogP contribution in [0.2, 0.25) is 0 Å². The molecule has 1 N–H and O–H groups in total. The number of methoxy groups -OCH3 is 1.